The maximum atomic E-state index is 5.44. The van der Waals surface area contributed by atoms with Gasteiger partial charge in [0.25, 0.3) is 0 Å². The Balaban J connectivity index is 0. The topological polar surface area (TPSA) is 9.23 Å². The van der Waals surface area contributed by atoms with Gasteiger partial charge in [-0.2, -0.15) is 0 Å². The number of hydrogen-bond donors (Lipinski definition) is 0. The van der Waals surface area contributed by atoms with E-state index < -0.39 is 0 Å². The molecule has 0 fully saturated rings. The first-order valence-electron chi connectivity index (χ1n) is 8.11. The molecule has 0 aromatic carbocycles. The first-order valence-corrected chi connectivity index (χ1v) is 12.1. The third-order valence-corrected chi connectivity index (χ3v) is 6.19. The van der Waals surface area contributed by atoms with Gasteiger partial charge in [-0.25, -0.2) is 0 Å². The summed E-state index contributed by atoms with van der Waals surface area (Å²) in [5, 5.41) is 0. The molecule has 2 radical (unpaired) electrons. The van der Waals surface area contributed by atoms with Crippen molar-refractivity contribution in [2.45, 2.75) is 87.9 Å². The van der Waals surface area contributed by atoms with Crippen molar-refractivity contribution in [3.8, 4) is 0 Å². The van der Waals surface area contributed by atoms with Gasteiger partial charge in [0.05, 0.1) is 0 Å². The summed E-state index contributed by atoms with van der Waals surface area (Å²) in [4.78, 5) is 0. The van der Waals surface area contributed by atoms with Crippen LogP contribution in [0.15, 0.2) is 0 Å². The van der Waals surface area contributed by atoms with Gasteiger partial charge >= 0.3 is 56.7 Å². The fraction of sp³-hybridized carbons (Fsp3) is 1.00. The Morgan fingerprint density at radius 2 is 1.17 bits per heavy atom. The summed E-state index contributed by atoms with van der Waals surface area (Å²) < 4.78 is 8.58. The molecule has 0 aliphatic carbocycles. The quantitative estimate of drug-likeness (QED) is 0.318. The van der Waals surface area contributed by atoms with E-state index in [1.807, 2.05) is 0 Å². The fourth-order valence-corrected chi connectivity index (χ4v) is 4.22. The average molecular weight is 363 g/mol. The van der Waals surface area contributed by atoms with Crippen molar-refractivity contribution in [3.63, 3.8) is 0 Å². The summed E-state index contributed by atoms with van der Waals surface area (Å²) in [5.74, 6) is 0. The number of ether oxygens (including phenoxy) is 1. The summed E-state index contributed by atoms with van der Waals surface area (Å²) in [7, 11) is 0. The van der Waals surface area contributed by atoms with Gasteiger partial charge in [0.1, 0.15) is 0 Å². The van der Waals surface area contributed by atoms with Gasteiger partial charge in [0.2, 0.25) is 0 Å². The maximum absolute atomic E-state index is 5.44. The second-order valence-corrected chi connectivity index (χ2v) is 9.61. The van der Waals surface area contributed by atoms with Crippen LogP contribution in [0.25, 0.3) is 0 Å². The van der Waals surface area contributed by atoms with Crippen LogP contribution in [-0.2, 0) is 4.74 Å². The van der Waals surface area contributed by atoms with Gasteiger partial charge in [-0.15, -0.1) is 0 Å². The van der Waals surface area contributed by atoms with E-state index in [1.54, 1.807) is 4.44 Å². The predicted molar refractivity (Wildman–Crippen MR) is 85.8 cm³/mol. The van der Waals surface area contributed by atoms with Crippen LogP contribution in [0.2, 0.25) is 8.87 Å². The van der Waals surface area contributed by atoms with Crippen LogP contribution in [0.1, 0.15) is 79.1 Å². The third-order valence-electron chi connectivity index (χ3n) is 2.74. The van der Waals surface area contributed by atoms with Crippen molar-refractivity contribution >= 4 is 21.1 Å². The van der Waals surface area contributed by atoms with Gasteiger partial charge in [-0.3, -0.25) is 0 Å². The minimum atomic E-state index is 0.184. The summed E-state index contributed by atoms with van der Waals surface area (Å²) >= 11 is 0.184. The third kappa shape index (κ3) is 25.6. The molecular formula is C16H36OSn. The van der Waals surface area contributed by atoms with Gasteiger partial charge in [0.15, 0.2) is 0 Å². The average Bonchev–Trinajstić information content (AvgIpc) is 2.39. The molecule has 110 valence electrons. The summed E-state index contributed by atoms with van der Waals surface area (Å²) in [6, 6.07) is 0. The van der Waals surface area contributed by atoms with Gasteiger partial charge < -0.3 is 4.74 Å². The zero-order chi connectivity index (χ0) is 13.9. The van der Waals surface area contributed by atoms with Crippen molar-refractivity contribution in [2.24, 2.45) is 0 Å². The van der Waals surface area contributed by atoms with Crippen molar-refractivity contribution < 1.29 is 4.74 Å². The van der Waals surface area contributed by atoms with Crippen molar-refractivity contribution in [3.05, 3.63) is 0 Å². The molecule has 18 heavy (non-hydrogen) atoms. The van der Waals surface area contributed by atoms with Gasteiger partial charge in [0, 0.05) is 13.2 Å². The first-order chi connectivity index (χ1) is 8.83. The molecule has 0 rings (SSSR count). The molecule has 0 aromatic rings. The Morgan fingerprint density at radius 1 is 0.667 bits per heavy atom. The number of unbranched alkanes of at least 4 members (excludes halogenated alkanes) is 5. The molecule has 0 N–H and O–H groups in total. The molecule has 0 saturated heterocycles. The molecule has 0 spiro atoms. The van der Waals surface area contributed by atoms with E-state index in [4.69, 9.17) is 4.74 Å². The monoisotopic (exact) mass is 364 g/mol. The molecule has 0 atom stereocenters. The standard InChI is InChI=1S/C10H22O.C4H9.C2H5.Sn/c1-3-5-7-9-11-10-8-6-4-2;1-3-4-2;1-2;/h3-10H2,1-2H3;1,3-4H2,2H3;1H2,2H3;. The molecule has 0 bridgehead atoms. The molecule has 1 nitrogen and oxygen atoms in total. The predicted octanol–water partition coefficient (Wildman–Crippen LogP) is 5.73. The van der Waals surface area contributed by atoms with E-state index in [0.717, 1.165) is 13.2 Å². The molecular weight excluding hydrogens is 327 g/mol. The number of hydrogen-bond acceptors (Lipinski definition) is 1. The molecule has 0 aromatic heterocycles. The molecule has 0 heterocycles. The molecule has 2 heteroatoms. The van der Waals surface area contributed by atoms with Crippen LogP contribution in [0.3, 0.4) is 0 Å². The van der Waals surface area contributed by atoms with E-state index in [0.29, 0.717) is 0 Å². The van der Waals surface area contributed by atoms with Crippen LogP contribution in [0.5, 0.6) is 0 Å². The van der Waals surface area contributed by atoms with Crippen LogP contribution in [0, 0.1) is 0 Å². The number of rotatable bonds is 12. The Hall–Kier alpha value is 0.759. The normalized spacial score (nSPS) is 10.0. The van der Waals surface area contributed by atoms with Gasteiger partial charge in [-0.1, -0.05) is 39.5 Å². The SMILES string of the molecule is CCCCCOCCCCC.CCC[CH2][Sn][CH2]C. The van der Waals surface area contributed by atoms with Crippen LogP contribution in [0.4, 0.5) is 0 Å². The zero-order valence-corrected chi connectivity index (χ0v) is 16.2. The Labute approximate surface area is 127 Å². The van der Waals surface area contributed by atoms with Crippen molar-refractivity contribution in [1.82, 2.24) is 0 Å². The van der Waals surface area contributed by atoms with E-state index in [1.165, 1.54) is 55.8 Å². The van der Waals surface area contributed by atoms with Gasteiger partial charge in [-0.05, 0) is 12.8 Å². The summed E-state index contributed by atoms with van der Waals surface area (Å²) in [5.41, 5.74) is 0. The van der Waals surface area contributed by atoms with Crippen LogP contribution in [-0.4, -0.2) is 34.4 Å². The molecule has 0 amide bonds. The molecule has 0 saturated carbocycles. The first kappa shape index (κ1) is 21.1. The fourth-order valence-electron chi connectivity index (χ4n) is 1.49. The second kappa shape index (κ2) is 22.9. The molecule has 0 aliphatic heterocycles. The van der Waals surface area contributed by atoms with Crippen molar-refractivity contribution in [1.29, 1.82) is 0 Å². The zero-order valence-electron chi connectivity index (χ0n) is 13.4. The Morgan fingerprint density at radius 3 is 1.56 bits per heavy atom. The second-order valence-electron chi connectivity index (χ2n) is 4.73. The van der Waals surface area contributed by atoms with Crippen LogP contribution >= 0.6 is 0 Å². The summed E-state index contributed by atoms with van der Waals surface area (Å²) in [6.07, 6.45) is 10.6. The molecule has 0 aliphatic rings. The van der Waals surface area contributed by atoms with E-state index in [-0.39, 0.29) is 21.1 Å². The minimum absolute atomic E-state index is 0.184. The molecule has 0 unspecified atom stereocenters. The Kier molecular flexibility index (Phi) is 26.8. The van der Waals surface area contributed by atoms with E-state index in [2.05, 4.69) is 27.7 Å². The van der Waals surface area contributed by atoms with Crippen LogP contribution < -0.4 is 0 Å². The van der Waals surface area contributed by atoms with E-state index >= 15 is 0 Å². The Bertz CT molecular complexity index is 106. The van der Waals surface area contributed by atoms with Crippen molar-refractivity contribution in [2.75, 3.05) is 13.2 Å². The summed E-state index contributed by atoms with van der Waals surface area (Å²) in [6.45, 7) is 11.0. The van der Waals surface area contributed by atoms with E-state index in [9.17, 15) is 0 Å².